The standard InChI is InChI=1S/C36H39N3O5/c1-26-12-14-27(15-13-26)20-21-37-39-35(41)36(25-28-8-4-3-5-9-28)33(30-10-6-11-32(24-30)42-2)44-34(38-36)29-16-18-31(19-17-29)43-23-7-22-40/h3-6,8-19,24,33,37,40H,7,20-23,25H2,1-2H3,(H,39,41)/t33-,36-/m0/s1. The zero-order chi connectivity index (χ0) is 30.8. The second kappa shape index (κ2) is 14.7. The smallest absolute Gasteiger partial charge is 0.266 e. The molecule has 44 heavy (non-hydrogen) atoms. The number of hydrazine groups is 1. The number of aliphatic hydroxyl groups is 1. The van der Waals surface area contributed by atoms with E-state index in [0.29, 0.717) is 43.4 Å². The van der Waals surface area contributed by atoms with Gasteiger partial charge in [-0.25, -0.2) is 10.4 Å². The van der Waals surface area contributed by atoms with Crippen LogP contribution in [0.15, 0.2) is 108 Å². The molecule has 2 atom stereocenters. The molecule has 1 heterocycles. The number of carbonyl (C=O) groups excluding carboxylic acids is 1. The van der Waals surface area contributed by atoms with Crippen molar-refractivity contribution in [3.05, 3.63) is 131 Å². The molecule has 0 aromatic heterocycles. The summed E-state index contributed by atoms with van der Waals surface area (Å²) < 4.78 is 17.8. The molecule has 0 bridgehead atoms. The van der Waals surface area contributed by atoms with E-state index < -0.39 is 11.6 Å². The summed E-state index contributed by atoms with van der Waals surface area (Å²) in [6.07, 6.45) is 0.888. The van der Waals surface area contributed by atoms with Crippen LogP contribution in [0.25, 0.3) is 0 Å². The van der Waals surface area contributed by atoms with Crippen molar-refractivity contribution < 1.29 is 24.1 Å². The number of nitrogens with one attached hydrogen (secondary N) is 2. The number of amides is 1. The number of ether oxygens (including phenoxy) is 3. The predicted octanol–water partition coefficient (Wildman–Crippen LogP) is 5.13. The second-order valence-corrected chi connectivity index (χ2v) is 10.8. The van der Waals surface area contributed by atoms with Crippen LogP contribution in [-0.2, 0) is 22.4 Å². The normalized spacial score (nSPS) is 17.4. The minimum atomic E-state index is -1.32. The van der Waals surface area contributed by atoms with E-state index in [1.165, 1.54) is 11.1 Å². The zero-order valence-corrected chi connectivity index (χ0v) is 25.2. The van der Waals surface area contributed by atoms with Gasteiger partial charge in [0, 0.05) is 31.6 Å². The molecule has 0 fully saturated rings. The second-order valence-electron chi connectivity index (χ2n) is 10.8. The van der Waals surface area contributed by atoms with Crippen molar-refractivity contribution in [3.63, 3.8) is 0 Å². The summed E-state index contributed by atoms with van der Waals surface area (Å²) in [6, 6.07) is 33.2. The summed E-state index contributed by atoms with van der Waals surface area (Å²) in [6.45, 7) is 3.10. The van der Waals surface area contributed by atoms with E-state index in [0.717, 1.165) is 23.1 Å². The van der Waals surface area contributed by atoms with Gasteiger partial charge >= 0.3 is 0 Å². The minimum absolute atomic E-state index is 0.0702. The highest BCUT2D eigenvalue weighted by Crippen LogP contribution is 2.43. The Bertz CT molecular complexity index is 1540. The fourth-order valence-electron chi connectivity index (χ4n) is 5.21. The Balaban J connectivity index is 1.47. The first kappa shape index (κ1) is 30.8. The van der Waals surface area contributed by atoms with Crippen LogP contribution in [-0.4, -0.2) is 49.3 Å². The molecule has 0 saturated carbocycles. The average Bonchev–Trinajstić information content (AvgIpc) is 3.45. The maximum atomic E-state index is 14.3. The Kier molecular flexibility index (Phi) is 10.3. The van der Waals surface area contributed by atoms with Crippen LogP contribution in [0.1, 0.15) is 40.3 Å². The van der Waals surface area contributed by atoms with Gasteiger partial charge < -0.3 is 19.3 Å². The van der Waals surface area contributed by atoms with Gasteiger partial charge in [-0.1, -0.05) is 72.3 Å². The molecule has 3 N–H and O–H groups in total. The van der Waals surface area contributed by atoms with Crippen LogP contribution in [0.5, 0.6) is 11.5 Å². The summed E-state index contributed by atoms with van der Waals surface area (Å²) in [5, 5.41) is 9.06. The molecule has 0 aliphatic carbocycles. The van der Waals surface area contributed by atoms with Crippen molar-refractivity contribution in [2.24, 2.45) is 4.99 Å². The van der Waals surface area contributed by atoms with Gasteiger partial charge in [-0.05, 0) is 66.4 Å². The summed E-state index contributed by atoms with van der Waals surface area (Å²) in [5.41, 5.74) is 9.61. The molecule has 8 heteroatoms. The molecule has 4 aromatic carbocycles. The van der Waals surface area contributed by atoms with Crippen molar-refractivity contribution in [2.75, 3.05) is 26.9 Å². The number of aliphatic hydroxyl groups excluding tert-OH is 1. The number of benzene rings is 4. The van der Waals surface area contributed by atoms with Gasteiger partial charge in [-0.2, -0.15) is 0 Å². The lowest BCUT2D eigenvalue weighted by Gasteiger charge is -2.31. The highest BCUT2D eigenvalue weighted by atomic mass is 16.5. The molecule has 8 nitrogen and oxygen atoms in total. The Hall–Kier alpha value is -4.66. The van der Waals surface area contributed by atoms with E-state index in [2.05, 4.69) is 42.0 Å². The third-order valence-corrected chi connectivity index (χ3v) is 7.60. The Morgan fingerprint density at radius 2 is 1.70 bits per heavy atom. The molecule has 1 aliphatic heterocycles. The largest absolute Gasteiger partial charge is 0.497 e. The predicted molar refractivity (Wildman–Crippen MR) is 171 cm³/mol. The maximum absolute atomic E-state index is 14.3. The summed E-state index contributed by atoms with van der Waals surface area (Å²) in [4.78, 5) is 19.4. The van der Waals surface area contributed by atoms with Crippen molar-refractivity contribution >= 4 is 11.8 Å². The lowest BCUT2D eigenvalue weighted by Crippen LogP contribution is -2.54. The Morgan fingerprint density at radius 3 is 2.43 bits per heavy atom. The lowest BCUT2D eigenvalue weighted by atomic mass is 9.82. The van der Waals surface area contributed by atoms with Crippen LogP contribution < -0.4 is 20.3 Å². The van der Waals surface area contributed by atoms with E-state index >= 15 is 0 Å². The molecule has 1 amide bonds. The van der Waals surface area contributed by atoms with Gasteiger partial charge in [0.2, 0.25) is 5.90 Å². The molecule has 228 valence electrons. The third kappa shape index (κ3) is 7.45. The maximum Gasteiger partial charge on any atom is 0.266 e. The van der Waals surface area contributed by atoms with E-state index in [-0.39, 0.29) is 12.5 Å². The first-order chi connectivity index (χ1) is 21.5. The minimum Gasteiger partial charge on any atom is -0.497 e. The number of hydrogen-bond acceptors (Lipinski definition) is 7. The van der Waals surface area contributed by atoms with E-state index in [1.807, 2.05) is 78.9 Å². The summed E-state index contributed by atoms with van der Waals surface area (Å²) in [5.74, 6) is 1.41. The number of aryl methyl sites for hydroxylation is 1. The van der Waals surface area contributed by atoms with Gasteiger partial charge in [-0.15, -0.1) is 0 Å². The number of aliphatic imine (C=N–C) groups is 1. The average molecular weight is 594 g/mol. The quantitative estimate of drug-likeness (QED) is 0.139. The van der Waals surface area contributed by atoms with Crippen molar-refractivity contribution in [1.82, 2.24) is 10.9 Å². The van der Waals surface area contributed by atoms with Gasteiger partial charge in [0.25, 0.3) is 5.91 Å². The Morgan fingerprint density at radius 1 is 0.932 bits per heavy atom. The number of methoxy groups -OCH3 is 1. The van der Waals surface area contributed by atoms with Gasteiger partial charge in [0.15, 0.2) is 11.6 Å². The van der Waals surface area contributed by atoms with E-state index in [1.54, 1.807) is 7.11 Å². The van der Waals surface area contributed by atoms with Crippen LogP contribution >= 0.6 is 0 Å². The molecule has 5 rings (SSSR count). The van der Waals surface area contributed by atoms with Gasteiger partial charge in [0.1, 0.15) is 11.5 Å². The highest BCUT2D eigenvalue weighted by molar-refractivity contribution is 6.01. The molecule has 0 radical (unpaired) electrons. The van der Waals surface area contributed by atoms with Gasteiger partial charge in [0.05, 0.1) is 13.7 Å². The fourth-order valence-corrected chi connectivity index (χ4v) is 5.21. The first-order valence-corrected chi connectivity index (χ1v) is 14.9. The number of nitrogens with zero attached hydrogens (tertiary/aromatic N) is 1. The summed E-state index contributed by atoms with van der Waals surface area (Å²) in [7, 11) is 1.61. The monoisotopic (exact) mass is 593 g/mol. The van der Waals surface area contributed by atoms with Crippen LogP contribution in [0, 0.1) is 6.92 Å². The van der Waals surface area contributed by atoms with Crippen LogP contribution in [0.2, 0.25) is 0 Å². The van der Waals surface area contributed by atoms with E-state index in [4.69, 9.17) is 24.3 Å². The van der Waals surface area contributed by atoms with Crippen LogP contribution in [0.4, 0.5) is 0 Å². The van der Waals surface area contributed by atoms with E-state index in [9.17, 15) is 4.79 Å². The molecule has 4 aromatic rings. The molecular weight excluding hydrogens is 554 g/mol. The highest BCUT2D eigenvalue weighted by Gasteiger charge is 2.53. The number of rotatable bonds is 14. The van der Waals surface area contributed by atoms with Crippen molar-refractivity contribution in [1.29, 1.82) is 0 Å². The summed E-state index contributed by atoms with van der Waals surface area (Å²) >= 11 is 0. The molecule has 0 spiro atoms. The molecular formula is C36H39N3O5. The first-order valence-electron chi connectivity index (χ1n) is 14.9. The lowest BCUT2D eigenvalue weighted by molar-refractivity contribution is -0.130. The van der Waals surface area contributed by atoms with Crippen molar-refractivity contribution in [2.45, 2.75) is 37.8 Å². The van der Waals surface area contributed by atoms with Crippen LogP contribution in [0.3, 0.4) is 0 Å². The zero-order valence-electron chi connectivity index (χ0n) is 25.2. The molecule has 1 aliphatic rings. The SMILES string of the molecule is COc1cccc([C@@H]2OC(c3ccc(OCCCO)cc3)=N[C@]2(Cc2ccccc2)C(=O)NNCCc2ccc(C)cc2)c1. The Labute approximate surface area is 258 Å². The fraction of sp³-hybridized carbons (Fsp3) is 0.278. The number of carbonyl (C=O) groups is 1. The van der Waals surface area contributed by atoms with Gasteiger partial charge in [-0.3, -0.25) is 10.2 Å². The third-order valence-electron chi connectivity index (χ3n) is 7.60. The van der Waals surface area contributed by atoms with Crippen molar-refractivity contribution in [3.8, 4) is 11.5 Å². The topological polar surface area (TPSA) is 101 Å². The number of hydrogen-bond donors (Lipinski definition) is 3. The molecule has 0 saturated heterocycles. The molecule has 0 unspecified atom stereocenters.